The molecular weight excluding hydrogens is 202 g/mol. The Labute approximate surface area is 94.6 Å². The Balaban J connectivity index is 2.52. The van der Waals surface area contributed by atoms with Gasteiger partial charge in [0.05, 0.1) is 0 Å². The smallest absolute Gasteiger partial charge is 0.00145 e. The maximum absolute atomic E-state index is 5.64. The van der Waals surface area contributed by atoms with E-state index in [0.717, 1.165) is 6.42 Å². The highest BCUT2D eigenvalue weighted by Gasteiger charge is 2.07. The normalized spacial score (nSPS) is 10.5. The first kappa shape index (κ1) is 10.4. The fourth-order valence-corrected chi connectivity index (χ4v) is 2.56. The molecule has 0 aliphatic rings. The van der Waals surface area contributed by atoms with Crippen LogP contribution in [-0.4, -0.2) is 6.54 Å². The molecule has 0 saturated heterocycles. The predicted molar refractivity (Wildman–Crippen MR) is 67.3 cm³/mol. The highest BCUT2D eigenvalue weighted by Crippen LogP contribution is 2.29. The zero-order chi connectivity index (χ0) is 10.7. The van der Waals surface area contributed by atoms with Crippen molar-refractivity contribution in [3.8, 4) is 11.1 Å². The molecule has 1 aromatic carbocycles. The summed E-state index contributed by atoms with van der Waals surface area (Å²) in [4.78, 5) is 0. The first-order valence-electron chi connectivity index (χ1n) is 5.14. The molecule has 1 nitrogen and oxygen atoms in total. The molecule has 0 saturated carbocycles. The van der Waals surface area contributed by atoms with Gasteiger partial charge in [-0.3, -0.25) is 0 Å². The van der Waals surface area contributed by atoms with Gasteiger partial charge in [0.2, 0.25) is 0 Å². The van der Waals surface area contributed by atoms with E-state index in [0.29, 0.717) is 6.54 Å². The van der Waals surface area contributed by atoms with Crippen LogP contribution in [0.2, 0.25) is 0 Å². The van der Waals surface area contributed by atoms with Gasteiger partial charge >= 0.3 is 0 Å². The van der Waals surface area contributed by atoms with Gasteiger partial charge in [0, 0.05) is 0 Å². The molecule has 0 atom stereocenters. The number of benzene rings is 1. The lowest BCUT2D eigenvalue weighted by molar-refractivity contribution is 0.969. The molecule has 1 aromatic heterocycles. The molecule has 1 heterocycles. The summed E-state index contributed by atoms with van der Waals surface area (Å²) in [6.07, 6.45) is 0.951. The maximum atomic E-state index is 5.64. The van der Waals surface area contributed by atoms with Gasteiger partial charge in [-0.2, -0.15) is 11.3 Å². The van der Waals surface area contributed by atoms with Crippen molar-refractivity contribution in [1.29, 1.82) is 0 Å². The van der Waals surface area contributed by atoms with Crippen molar-refractivity contribution in [3.05, 3.63) is 46.2 Å². The second kappa shape index (κ2) is 4.60. The van der Waals surface area contributed by atoms with Gasteiger partial charge in [-0.1, -0.05) is 18.2 Å². The Morgan fingerprint density at radius 1 is 1.27 bits per heavy atom. The molecule has 0 radical (unpaired) electrons. The lowest BCUT2D eigenvalue weighted by atomic mass is 9.95. The van der Waals surface area contributed by atoms with E-state index in [1.807, 2.05) is 0 Å². The van der Waals surface area contributed by atoms with E-state index in [4.69, 9.17) is 5.73 Å². The Kier molecular flexibility index (Phi) is 3.19. The fourth-order valence-electron chi connectivity index (χ4n) is 1.91. The first-order chi connectivity index (χ1) is 7.33. The summed E-state index contributed by atoms with van der Waals surface area (Å²) in [6, 6.07) is 8.61. The average Bonchev–Trinajstić information content (AvgIpc) is 2.71. The maximum Gasteiger partial charge on any atom is -0.00145 e. The van der Waals surface area contributed by atoms with Crippen LogP contribution < -0.4 is 5.73 Å². The Bertz CT molecular complexity index is 432. The minimum atomic E-state index is 0.709. The van der Waals surface area contributed by atoms with Gasteiger partial charge in [-0.25, -0.2) is 0 Å². The lowest BCUT2D eigenvalue weighted by Crippen LogP contribution is -2.04. The monoisotopic (exact) mass is 217 g/mol. The zero-order valence-electron chi connectivity index (χ0n) is 8.86. The third kappa shape index (κ3) is 2.11. The Morgan fingerprint density at radius 2 is 2.13 bits per heavy atom. The number of aryl methyl sites for hydroxylation is 1. The van der Waals surface area contributed by atoms with Gasteiger partial charge < -0.3 is 5.73 Å². The van der Waals surface area contributed by atoms with Gasteiger partial charge in [0.25, 0.3) is 0 Å². The van der Waals surface area contributed by atoms with Crippen molar-refractivity contribution in [1.82, 2.24) is 0 Å². The third-order valence-electron chi connectivity index (χ3n) is 2.58. The van der Waals surface area contributed by atoms with Crippen molar-refractivity contribution in [2.45, 2.75) is 13.3 Å². The summed E-state index contributed by atoms with van der Waals surface area (Å²) in [5, 5.41) is 4.32. The van der Waals surface area contributed by atoms with Crippen molar-refractivity contribution >= 4 is 11.3 Å². The van der Waals surface area contributed by atoms with Crippen LogP contribution in [0.25, 0.3) is 11.1 Å². The number of hydrogen-bond acceptors (Lipinski definition) is 2. The minimum absolute atomic E-state index is 0.709. The van der Waals surface area contributed by atoms with E-state index in [1.54, 1.807) is 11.3 Å². The van der Waals surface area contributed by atoms with Gasteiger partial charge in [-0.15, -0.1) is 0 Å². The van der Waals surface area contributed by atoms with Gasteiger partial charge in [0.1, 0.15) is 0 Å². The van der Waals surface area contributed by atoms with Crippen LogP contribution in [0.4, 0.5) is 0 Å². The van der Waals surface area contributed by atoms with Gasteiger partial charge in [-0.05, 0) is 59.0 Å². The van der Waals surface area contributed by atoms with E-state index in [-0.39, 0.29) is 0 Å². The molecule has 15 heavy (non-hydrogen) atoms. The molecule has 0 spiro atoms. The van der Waals surface area contributed by atoms with E-state index in [2.05, 4.69) is 41.9 Å². The van der Waals surface area contributed by atoms with Crippen molar-refractivity contribution in [2.75, 3.05) is 6.54 Å². The van der Waals surface area contributed by atoms with Crippen LogP contribution in [0.5, 0.6) is 0 Å². The Hall–Kier alpha value is -1.12. The molecule has 0 aliphatic carbocycles. The van der Waals surface area contributed by atoms with Crippen LogP contribution in [0, 0.1) is 6.92 Å². The van der Waals surface area contributed by atoms with E-state index < -0.39 is 0 Å². The molecule has 0 fully saturated rings. The van der Waals surface area contributed by atoms with Crippen molar-refractivity contribution in [2.24, 2.45) is 5.73 Å². The van der Waals surface area contributed by atoms with E-state index in [9.17, 15) is 0 Å². The summed E-state index contributed by atoms with van der Waals surface area (Å²) < 4.78 is 0. The molecule has 2 aromatic rings. The van der Waals surface area contributed by atoms with Crippen molar-refractivity contribution in [3.63, 3.8) is 0 Å². The largest absolute Gasteiger partial charge is 0.330 e. The summed E-state index contributed by atoms with van der Waals surface area (Å²) >= 11 is 1.74. The topological polar surface area (TPSA) is 26.0 Å². The average molecular weight is 217 g/mol. The van der Waals surface area contributed by atoms with Crippen LogP contribution in [0.15, 0.2) is 35.0 Å². The highest BCUT2D eigenvalue weighted by molar-refractivity contribution is 7.08. The lowest BCUT2D eigenvalue weighted by Gasteiger charge is -2.10. The van der Waals surface area contributed by atoms with Gasteiger partial charge in [0.15, 0.2) is 0 Å². The molecule has 0 amide bonds. The SMILES string of the molecule is Cc1cccc(CCN)c1-c1ccsc1. The van der Waals surface area contributed by atoms with Crippen molar-refractivity contribution < 1.29 is 0 Å². The van der Waals surface area contributed by atoms with Crippen LogP contribution in [0.3, 0.4) is 0 Å². The third-order valence-corrected chi connectivity index (χ3v) is 3.27. The molecule has 2 heteroatoms. The highest BCUT2D eigenvalue weighted by atomic mass is 32.1. The number of nitrogens with two attached hydrogens (primary N) is 1. The number of rotatable bonds is 3. The number of thiophene rings is 1. The molecular formula is C13H15NS. The zero-order valence-corrected chi connectivity index (χ0v) is 9.68. The summed E-state index contributed by atoms with van der Waals surface area (Å²) in [5.41, 5.74) is 11.0. The molecule has 78 valence electrons. The van der Waals surface area contributed by atoms with Crippen LogP contribution in [-0.2, 0) is 6.42 Å². The second-order valence-electron chi connectivity index (χ2n) is 3.66. The predicted octanol–water partition coefficient (Wildman–Crippen LogP) is 3.22. The second-order valence-corrected chi connectivity index (χ2v) is 4.44. The minimum Gasteiger partial charge on any atom is -0.330 e. The van der Waals surface area contributed by atoms with E-state index >= 15 is 0 Å². The number of hydrogen-bond donors (Lipinski definition) is 1. The summed E-state index contributed by atoms with van der Waals surface area (Å²) in [5.74, 6) is 0. The molecule has 0 aliphatic heterocycles. The van der Waals surface area contributed by atoms with Crippen LogP contribution in [0.1, 0.15) is 11.1 Å². The quantitative estimate of drug-likeness (QED) is 0.839. The van der Waals surface area contributed by atoms with Crippen LogP contribution >= 0.6 is 11.3 Å². The molecule has 0 unspecified atom stereocenters. The summed E-state index contributed by atoms with van der Waals surface area (Å²) in [7, 11) is 0. The fraction of sp³-hybridized carbons (Fsp3) is 0.231. The molecule has 2 N–H and O–H groups in total. The molecule has 2 rings (SSSR count). The first-order valence-corrected chi connectivity index (χ1v) is 6.08. The van der Waals surface area contributed by atoms with E-state index in [1.165, 1.54) is 22.3 Å². The Morgan fingerprint density at radius 3 is 2.80 bits per heavy atom. The molecule has 0 bridgehead atoms. The summed E-state index contributed by atoms with van der Waals surface area (Å²) in [6.45, 7) is 2.87. The standard InChI is InChI=1S/C13H15NS/c1-10-3-2-4-11(5-7-14)13(10)12-6-8-15-9-12/h2-4,6,8-9H,5,7,14H2,1H3.